The molecule has 2 unspecified atom stereocenters. The van der Waals surface area contributed by atoms with Gasteiger partial charge in [0.25, 0.3) is 0 Å². The smallest absolute Gasteiger partial charge is 0.191 e. The summed E-state index contributed by atoms with van der Waals surface area (Å²) in [5.74, 6) is 2.44. The molecule has 0 saturated carbocycles. The van der Waals surface area contributed by atoms with Gasteiger partial charge in [0, 0.05) is 12.6 Å². The van der Waals surface area contributed by atoms with Gasteiger partial charge in [0.1, 0.15) is 0 Å². The summed E-state index contributed by atoms with van der Waals surface area (Å²) in [5.41, 5.74) is 1.14. The van der Waals surface area contributed by atoms with E-state index in [1.54, 1.807) is 0 Å². The third-order valence-corrected chi connectivity index (χ3v) is 4.90. The number of hydrogen-bond acceptors (Lipinski definition) is 4. The van der Waals surface area contributed by atoms with Crippen molar-refractivity contribution in [2.24, 2.45) is 4.99 Å². The third kappa shape index (κ3) is 7.31. The fraction of sp³-hybridized carbons (Fsp3) is 0.667. The molecule has 1 saturated heterocycles. The van der Waals surface area contributed by atoms with Gasteiger partial charge in [-0.3, -0.25) is 4.99 Å². The maximum Gasteiger partial charge on any atom is 0.191 e. The van der Waals surface area contributed by atoms with E-state index < -0.39 is 0 Å². The van der Waals surface area contributed by atoms with Crippen LogP contribution in [-0.2, 0) is 0 Å². The van der Waals surface area contributed by atoms with Crippen LogP contribution in [0.4, 0.5) is 0 Å². The average Bonchev–Trinajstić information content (AvgIpc) is 3.06. The molecular formula is C21H37IN4O2. The lowest BCUT2D eigenvalue weighted by Gasteiger charge is -2.21. The average molecular weight is 504 g/mol. The first-order chi connectivity index (χ1) is 13.1. The number of halogens is 1. The van der Waals surface area contributed by atoms with Crippen molar-refractivity contribution in [3.63, 3.8) is 0 Å². The highest BCUT2D eigenvalue weighted by atomic mass is 127. The molecule has 2 rings (SSSR count). The SMILES string of the molecule is CCNC(=NCC1CCCN1C)NC(C)c1ccc(OCC)c(OCC)c1.I. The molecule has 2 N–H and O–H groups in total. The van der Waals surface area contributed by atoms with Gasteiger partial charge in [0.15, 0.2) is 17.5 Å². The zero-order chi connectivity index (χ0) is 19.6. The largest absolute Gasteiger partial charge is 0.490 e. The highest BCUT2D eigenvalue weighted by Crippen LogP contribution is 2.30. The molecule has 0 aromatic heterocycles. The van der Waals surface area contributed by atoms with Crippen molar-refractivity contribution in [2.75, 3.05) is 39.9 Å². The van der Waals surface area contributed by atoms with Crippen molar-refractivity contribution < 1.29 is 9.47 Å². The summed E-state index contributed by atoms with van der Waals surface area (Å²) in [6.07, 6.45) is 2.50. The van der Waals surface area contributed by atoms with Gasteiger partial charge >= 0.3 is 0 Å². The number of hydrogen-bond donors (Lipinski definition) is 2. The Morgan fingerprint density at radius 3 is 2.54 bits per heavy atom. The van der Waals surface area contributed by atoms with Crippen LogP contribution in [0.15, 0.2) is 23.2 Å². The quantitative estimate of drug-likeness (QED) is 0.304. The Balaban J connectivity index is 0.00000392. The summed E-state index contributed by atoms with van der Waals surface area (Å²) in [4.78, 5) is 7.21. The second kappa shape index (κ2) is 13.1. The highest BCUT2D eigenvalue weighted by Gasteiger charge is 2.20. The van der Waals surface area contributed by atoms with Crippen LogP contribution < -0.4 is 20.1 Å². The minimum atomic E-state index is 0. The zero-order valence-corrected chi connectivity index (χ0v) is 20.3. The van der Waals surface area contributed by atoms with Crippen LogP contribution in [0.25, 0.3) is 0 Å². The van der Waals surface area contributed by atoms with Crippen molar-refractivity contribution in [2.45, 2.75) is 52.6 Å². The van der Waals surface area contributed by atoms with Crippen LogP contribution in [-0.4, -0.2) is 56.8 Å². The molecule has 1 aromatic rings. The summed E-state index contributed by atoms with van der Waals surface area (Å²) in [6, 6.07) is 6.78. The molecule has 1 aliphatic rings. The molecule has 0 amide bonds. The Bertz CT molecular complexity index is 612. The fourth-order valence-electron chi connectivity index (χ4n) is 3.35. The molecule has 28 heavy (non-hydrogen) atoms. The molecule has 1 aliphatic heterocycles. The second-order valence-electron chi connectivity index (χ2n) is 6.93. The molecule has 6 nitrogen and oxygen atoms in total. The number of rotatable bonds is 9. The van der Waals surface area contributed by atoms with Crippen LogP contribution in [0.3, 0.4) is 0 Å². The van der Waals surface area contributed by atoms with E-state index >= 15 is 0 Å². The lowest BCUT2D eigenvalue weighted by atomic mass is 10.1. The summed E-state index contributed by atoms with van der Waals surface area (Å²) >= 11 is 0. The van der Waals surface area contributed by atoms with Crippen molar-refractivity contribution >= 4 is 29.9 Å². The fourth-order valence-corrected chi connectivity index (χ4v) is 3.35. The molecule has 0 radical (unpaired) electrons. The number of aliphatic imine (C=N–C) groups is 1. The van der Waals surface area contributed by atoms with E-state index in [1.807, 2.05) is 19.9 Å². The second-order valence-corrected chi connectivity index (χ2v) is 6.93. The summed E-state index contributed by atoms with van der Waals surface area (Å²) in [7, 11) is 2.19. The monoisotopic (exact) mass is 504 g/mol. The van der Waals surface area contributed by atoms with E-state index in [-0.39, 0.29) is 30.0 Å². The molecule has 2 atom stereocenters. The number of likely N-dealkylation sites (tertiary alicyclic amines) is 1. The molecule has 1 fully saturated rings. The van der Waals surface area contributed by atoms with Crippen molar-refractivity contribution in [3.05, 3.63) is 23.8 Å². The van der Waals surface area contributed by atoms with Crippen LogP contribution >= 0.6 is 24.0 Å². The summed E-state index contributed by atoms with van der Waals surface area (Å²) in [6.45, 7) is 12.3. The molecule has 0 bridgehead atoms. The molecule has 1 heterocycles. The maximum atomic E-state index is 5.76. The van der Waals surface area contributed by atoms with Gasteiger partial charge in [-0.15, -0.1) is 24.0 Å². The van der Waals surface area contributed by atoms with Gasteiger partial charge in [-0.1, -0.05) is 6.07 Å². The molecule has 160 valence electrons. The van der Waals surface area contributed by atoms with Gasteiger partial charge in [-0.05, 0) is 71.8 Å². The minimum absolute atomic E-state index is 0. The number of likely N-dealkylation sites (N-methyl/N-ethyl adjacent to an activating group) is 1. The Kier molecular flexibility index (Phi) is 11.6. The predicted octanol–water partition coefficient (Wildman–Crippen LogP) is 3.81. The molecule has 0 aliphatic carbocycles. The van der Waals surface area contributed by atoms with Crippen LogP contribution in [0.1, 0.15) is 52.1 Å². The molecular weight excluding hydrogens is 467 g/mol. The van der Waals surface area contributed by atoms with Gasteiger partial charge in [0.05, 0.1) is 25.8 Å². The van der Waals surface area contributed by atoms with E-state index in [2.05, 4.69) is 48.6 Å². The van der Waals surface area contributed by atoms with E-state index in [0.29, 0.717) is 19.3 Å². The van der Waals surface area contributed by atoms with E-state index in [9.17, 15) is 0 Å². The lowest BCUT2D eigenvalue weighted by molar-refractivity contribution is 0.287. The van der Waals surface area contributed by atoms with Crippen LogP contribution in [0.2, 0.25) is 0 Å². The third-order valence-electron chi connectivity index (χ3n) is 4.90. The maximum absolute atomic E-state index is 5.76. The van der Waals surface area contributed by atoms with Crippen LogP contribution in [0, 0.1) is 0 Å². The van der Waals surface area contributed by atoms with Crippen molar-refractivity contribution in [1.29, 1.82) is 0 Å². The topological polar surface area (TPSA) is 58.1 Å². The first kappa shape index (κ1) is 24.8. The standard InChI is InChI=1S/C21H36N4O2.HI/c1-6-22-21(23-15-18-10-9-13-25(18)5)24-16(4)17-11-12-19(26-7-2)20(14-17)27-8-3;/h11-12,14,16,18H,6-10,13,15H2,1-5H3,(H2,22,23,24);1H. The van der Waals surface area contributed by atoms with Gasteiger partial charge in [0.2, 0.25) is 0 Å². The molecule has 7 heteroatoms. The zero-order valence-electron chi connectivity index (χ0n) is 18.0. The van der Waals surface area contributed by atoms with Gasteiger partial charge < -0.3 is 25.0 Å². The summed E-state index contributed by atoms with van der Waals surface area (Å²) in [5, 5.41) is 6.88. The van der Waals surface area contributed by atoms with Gasteiger partial charge in [-0.25, -0.2) is 0 Å². The van der Waals surface area contributed by atoms with Crippen LogP contribution in [0.5, 0.6) is 11.5 Å². The van der Waals surface area contributed by atoms with Crippen molar-refractivity contribution in [1.82, 2.24) is 15.5 Å². The number of benzene rings is 1. The highest BCUT2D eigenvalue weighted by molar-refractivity contribution is 14.0. The van der Waals surface area contributed by atoms with Crippen molar-refractivity contribution in [3.8, 4) is 11.5 Å². The Hall–Kier alpha value is -1.22. The number of nitrogens with one attached hydrogen (secondary N) is 2. The number of ether oxygens (including phenoxy) is 2. The Morgan fingerprint density at radius 1 is 1.21 bits per heavy atom. The summed E-state index contributed by atoms with van der Waals surface area (Å²) < 4.78 is 11.4. The van der Waals surface area contributed by atoms with E-state index in [0.717, 1.165) is 36.1 Å². The first-order valence-corrected chi connectivity index (χ1v) is 10.2. The Labute approximate surface area is 187 Å². The molecule has 1 aromatic carbocycles. The predicted molar refractivity (Wildman–Crippen MR) is 127 cm³/mol. The van der Waals surface area contributed by atoms with Gasteiger partial charge in [-0.2, -0.15) is 0 Å². The number of nitrogens with zero attached hydrogens (tertiary/aromatic N) is 2. The number of guanidine groups is 1. The normalized spacial score (nSPS) is 18.3. The van der Waals surface area contributed by atoms with E-state index in [4.69, 9.17) is 14.5 Å². The Morgan fingerprint density at radius 2 is 1.93 bits per heavy atom. The van der Waals surface area contributed by atoms with E-state index in [1.165, 1.54) is 19.4 Å². The minimum Gasteiger partial charge on any atom is -0.490 e. The lowest BCUT2D eigenvalue weighted by Crippen LogP contribution is -2.40. The first-order valence-electron chi connectivity index (χ1n) is 10.2. The molecule has 0 spiro atoms.